The Morgan fingerprint density at radius 1 is 1.18 bits per heavy atom. The van der Waals surface area contributed by atoms with Crippen LogP contribution in [0.5, 0.6) is 0 Å². The molecule has 2 fully saturated rings. The number of hydrogen-bond donors (Lipinski definition) is 1. The van der Waals surface area contributed by atoms with E-state index in [-0.39, 0.29) is 11.9 Å². The van der Waals surface area contributed by atoms with Crippen LogP contribution in [0.1, 0.15) is 43.3 Å². The molecule has 28 heavy (non-hydrogen) atoms. The fourth-order valence-corrected chi connectivity index (χ4v) is 3.85. The minimum Gasteiger partial charge on any atom is -0.370 e. The van der Waals surface area contributed by atoms with E-state index < -0.39 is 11.6 Å². The van der Waals surface area contributed by atoms with Gasteiger partial charge in [0.2, 0.25) is 5.89 Å². The molecule has 0 aliphatic carbocycles. The summed E-state index contributed by atoms with van der Waals surface area (Å²) < 4.78 is 32.9. The number of aromatic nitrogens is 2. The van der Waals surface area contributed by atoms with Crippen molar-refractivity contribution in [2.24, 2.45) is 0 Å². The lowest BCUT2D eigenvalue weighted by molar-refractivity contribution is 0.221. The molecule has 2 aliphatic rings. The summed E-state index contributed by atoms with van der Waals surface area (Å²) >= 11 is 0. The number of urea groups is 1. The number of rotatable bonds is 3. The maximum absolute atomic E-state index is 13.9. The van der Waals surface area contributed by atoms with Gasteiger partial charge in [-0.3, -0.25) is 0 Å². The molecular weight excluding hydrogens is 368 g/mol. The van der Waals surface area contributed by atoms with Crippen LogP contribution in [0, 0.1) is 18.6 Å². The molecule has 150 valence electrons. The van der Waals surface area contributed by atoms with Crippen molar-refractivity contribution < 1.29 is 18.1 Å². The first-order valence-corrected chi connectivity index (χ1v) is 9.61. The Balaban J connectivity index is 1.49. The molecule has 2 aliphatic heterocycles. The van der Waals surface area contributed by atoms with E-state index >= 15 is 0 Å². The van der Waals surface area contributed by atoms with Gasteiger partial charge in [-0.1, -0.05) is 5.16 Å². The molecule has 3 heterocycles. The largest absolute Gasteiger partial charge is 0.370 e. The predicted octanol–water partition coefficient (Wildman–Crippen LogP) is 3.67. The van der Waals surface area contributed by atoms with Gasteiger partial charge >= 0.3 is 6.03 Å². The Hall–Kier alpha value is -2.71. The molecule has 0 bridgehead atoms. The molecule has 0 spiro atoms. The van der Waals surface area contributed by atoms with Crippen molar-refractivity contribution in [3.63, 3.8) is 0 Å². The van der Waals surface area contributed by atoms with Crippen LogP contribution in [-0.4, -0.2) is 47.3 Å². The van der Waals surface area contributed by atoms with Gasteiger partial charge in [0, 0.05) is 38.3 Å². The molecule has 0 radical (unpaired) electrons. The van der Waals surface area contributed by atoms with Crippen molar-refractivity contribution >= 4 is 17.4 Å². The summed E-state index contributed by atoms with van der Waals surface area (Å²) in [6.07, 6.45) is 3.81. The number of piperidine rings is 1. The highest BCUT2D eigenvalue weighted by atomic mass is 19.2. The molecule has 2 saturated heterocycles. The monoisotopic (exact) mass is 391 g/mol. The zero-order valence-electron chi connectivity index (χ0n) is 15.8. The van der Waals surface area contributed by atoms with Crippen LogP contribution < -0.4 is 10.2 Å². The molecule has 1 aromatic heterocycles. The van der Waals surface area contributed by atoms with E-state index in [2.05, 4.69) is 15.5 Å². The van der Waals surface area contributed by atoms with Crippen LogP contribution in [0.2, 0.25) is 0 Å². The minimum atomic E-state index is -0.975. The van der Waals surface area contributed by atoms with Gasteiger partial charge in [-0.05, 0) is 32.6 Å². The highest BCUT2D eigenvalue weighted by Crippen LogP contribution is 2.32. The Bertz CT molecular complexity index is 866. The van der Waals surface area contributed by atoms with Crippen LogP contribution in [0.4, 0.5) is 25.0 Å². The van der Waals surface area contributed by atoms with Crippen LogP contribution in [0.15, 0.2) is 16.7 Å². The van der Waals surface area contributed by atoms with Crippen LogP contribution >= 0.6 is 0 Å². The lowest BCUT2D eigenvalue weighted by Gasteiger charge is -2.31. The number of anilines is 2. The van der Waals surface area contributed by atoms with E-state index in [0.29, 0.717) is 42.6 Å². The van der Waals surface area contributed by atoms with Gasteiger partial charge in [-0.15, -0.1) is 0 Å². The molecule has 2 aromatic rings. The molecule has 2 amide bonds. The summed E-state index contributed by atoms with van der Waals surface area (Å²) in [7, 11) is 0. The van der Waals surface area contributed by atoms with Gasteiger partial charge in [-0.2, -0.15) is 4.98 Å². The van der Waals surface area contributed by atoms with E-state index in [4.69, 9.17) is 4.52 Å². The van der Waals surface area contributed by atoms with Crippen LogP contribution in [-0.2, 0) is 0 Å². The standard InChI is InChI=1S/C19H23F2N5O2/c1-12-22-18(28-24-12)13-5-8-26(11-13)19(27)23-16-9-14(20)15(21)10-17(16)25-6-3-2-4-7-25/h9-10,13H,2-8,11H2,1H3,(H,23,27). The summed E-state index contributed by atoms with van der Waals surface area (Å²) in [6.45, 7) is 4.24. The van der Waals surface area contributed by atoms with Gasteiger partial charge in [0.15, 0.2) is 17.5 Å². The van der Waals surface area contributed by atoms with Crippen molar-refractivity contribution in [3.05, 3.63) is 35.5 Å². The van der Waals surface area contributed by atoms with Gasteiger partial charge in [-0.25, -0.2) is 13.6 Å². The van der Waals surface area contributed by atoms with E-state index in [1.54, 1.807) is 11.8 Å². The maximum Gasteiger partial charge on any atom is 0.321 e. The Morgan fingerprint density at radius 2 is 1.93 bits per heavy atom. The van der Waals surface area contributed by atoms with Gasteiger partial charge in [0.25, 0.3) is 0 Å². The molecule has 1 atom stereocenters. The normalized spacial score (nSPS) is 19.9. The highest BCUT2D eigenvalue weighted by Gasteiger charge is 2.31. The lowest BCUT2D eigenvalue weighted by atomic mass is 10.1. The smallest absolute Gasteiger partial charge is 0.321 e. The summed E-state index contributed by atoms with van der Waals surface area (Å²) in [5.41, 5.74) is 0.818. The third kappa shape index (κ3) is 3.79. The predicted molar refractivity (Wildman–Crippen MR) is 99.4 cm³/mol. The number of benzene rings is 1. The first-order chi connectivity index (χ1) is 13.5. The quantitative estimate of drug-likeness (QED) is 0.864. The van der Waals surface area contributed by atoms with Crippen LogP contribution in [0.3, 0.4) is 0 Å². The molecular formula is C19H23F2N5O2. The van der Waals surface area contributed by atoms with E-state index in [9.17, 15) is 13.6 Å². The second kappa shape index (κ2) is 7.73. The average molecular weight is 391 g/mol. The number of hydrogen-bond acceptors (Lipinski definition) is 5. The van der Waals surface area contributed by atoms with Gasteiger partial charge in [0.1, 0.15) is 0 Å². The molecule has 1 aromatic carbocycles. The number of likely N-dealkylation sites (tertiary alicyclic amines) is 1. The Kier molecular flexibility index (Phi) is 5.15. The molecule has 9 heteroatoms. The van der Waals surface area contributed by atoms with Gasteiger partial charge < -0.3 is 19.6 Å². The summed E-state index contributed by atoms with van der Waals surface area (Å²) in [6, 6.07) is 1.89. The second-order valence-electron chi connectivity index (χ2n) is 7.37. The number of halogens is 2. The minimum absolute atomic E-state index is 0.0153. The first-order valence-electron chi connectivity index (χ1n) is 9.61. The Labute approximate surface area is 161 Å². The summed E-state index contributed by atoms with van der Waals surface area (Å²) in [5, 5.41) is 6.56. The SMILES string of the molecule is Cc1noc(C2CCN(C(=O)Nc3cc(F)c(F)cc3N3CCCCC3)C2)n1. The second-order valence-corrected chi connectivity index (χ2v) is 7.37. The van der Waals surface area contributed by atoms with E-state index in [1.807, 2.05) is 4.90 Å². The molecule has 1 unspecified atom stereocenters. The number of carbonyl (C=O) groups is 1. The first kappa shape index (κ1) is 18.6. The topological polar surface area (TPSA) is 74.5 Å². The number of nitrogens with zero attached hydrogens (tertiary/aromatic N) is 4. The third-order valence-electron chi connectivity index (χ3n) is 5.34. The van der Waals surface area contributed by atoms with Crippen molar-refractivity contribution in [2.45, 2.75) is 38.5 Å². The van der Waals surface area contributed by atoms with E-state index in [1.165, 1.54) is 6.07 Å². The molecule has 1 N–H and O–H groups in total. The van der Waals surface area contributed by atoms with Gasteiger partial charge in [0.05, 0.1) is 17.3 Å². The average Bonchev–Trinajstić information content (AvgIpc) is 3.34. The lowest BCUT2D eigenvalue weighted by Crippen LogP contribution is -2.35. The number of nitrogens with one attached hydrogen (secondary N) is 1. The third-order valence-corrected chi connectivity index (χ3v) is 5.34. The van der Waals surface area contributed by atoms with E-state index in [0.717, 1.165) is 38.4 Å². The number of carbonyl (C=O) groups excluding carboxylic acids is 1. The fraction of sp³-hybridized carbons (Fsp3) is 0.526. The summed E-state index contributed by atoms with van der Waals surface area (Å²) in [4.78, 5) is 20.6. The Morgan fingerprint density at radius 3 is 2.64 bits per heavy atom. The zero-order chi connectivity index (χ0) is 19.7. The number of amides is 2. The molecule has 0 saturated carbocycles. The highest BCUT2D eigenvalue weighted by molar-refractivity contribution is 5.93. The summed E-state index contributed by atoms with van der Waals surface area (Å²) in [5.74, 6) is -0.817. The maximum atomic E-state index is 13.9. The zero-order valence-corrected chi connectivity index (χ0v) is 15.8. The van der Waals surface area contributed by atoms with Crippen molar-refractivity contribution in [3.8, 4) is 0 Å². The fourth-order valence-electron chi connectivity index (χ4n) is 3.85. The van der Waals surface area contributed by atoms with Crippen molar-refractivity contribution in [1.29, 1.82) is 0 Å². The van der Waals surface area contributed by atoms with Crippen molar-refractivity contribution in [1.82, 2.24) is 15.0 Å². The molecule has 7 nitrogen and oxygen atoms in total. The number of aryl methyl sites for hydroxylation is 1. The molecule has 4 rings (SSSR count). The van der Waals surface area contributed by atoms with Crippen molar-refractivity contribution in [2.75, 3.05) is 36.4 Å². The van der Waals surface area contributed by atoms with Crippen LogP contribution in [0.25, 0.3) is 0 Å².